The van der Waals surface area contributed by atoms with Crippen LogP contribution in [0.25, 0.3) is 11.4 Å². The average molecular weight is 428 g/mol. The van der Waals surface area contributed by atoms with Crippen LogP contribution in [0.3, 0.4) is 0 Å². The third-order valence-electron chi connectivity index (χ3n) is 4.27. The highest BCUT2D eigenvalue weighted by Gasteiger charge is 2.23. The summed E-state index contributed by atoms with van der Waals surface area (Å²) in [5, 5.41) is 11.7. The summed E-state index contributed by atoms with van der Waals surface area (Å²) < 4.78 is 5.33. The van der Waals surface area contributed by atoms with E-state index in [0.29, 0.717) is 5.82 Å². The lowest BCUT2D eigenvalue weighted by Gasteiger charge is -2.16. The Bertz CT molecular complexity index is 1060. The Morgan fingerprint density at radius 3 is 2.53 bits per heavy atom. The number of rotatable bonds is 7. The van der Waals surface area contributed by atoms with E-state index < -0.39 is 23.9 Å². The van der Waals surface area contributed by atoms with Gasteiger partial charge < -0.3 is 20.1 Å². The van der Waals surface area contributed by atoms with E-state index in [-0.39, 0.29) is 28.3 Å². The second kappa shape index (κ2) is 9.23. The molecule has 0 saturated carbocycles. The van der Waals surface area contributed by atoms with E-state index in [1.165, 1.54) is 18.2 Å². The summed E-state index contributed by atoms with van der Waals surface area (Å²) in [5.74, 6) is -1.76. The van der Waals surface area contributed by atoms with Gasteiger partial charge in [0.25, 0.3) is 5.91 Å². The smallest absolute Gasteiger partial charge is 0.338 e. The molecule has 9 heteroatoms. The first kappa shape index (κ1) is 21.1. The lowest BCUT2D eigenvalue weighted by molar-refractivity contribution is -0.124. The number of hydrogen-bond acceptors (Lipinski definition) is 5. The van der Waals surface area contributed by atoms with E-state index in [9.17, 15) is 14.4 Å². The number of H-pyrrole nitrogens is 1. The van der Waals surface area contributed by atoms with Gasteiger partial charge in [-0.3, -0.25) is 4.79 Å². The average Bonchev–Trinajstić information content (AvgIpc) is 3.28. The van der Waals surface area contributed by atoms with Crippen LogP contribution in [0.15, 0.2) is 54.9 Å². The molecule has 3 N–H and O–H groups in total. The molecule has 0 aliphatic heterocycles. The van der Waals surface area contributed by atoms with Gasteiger partial charge in [0.15, 0.2) is 6.10 Å². The van der Waals surface area contributed by atoms with Crippen molar-refractivity contribution in [3.8, 4) is 11.4 Å². The van der Waals surface area contributed by atoms with E-state index in [1.54, 1.807) is 43.6 Å². The number of aromatic carboxylic acids is 1. The number of nitrogens with zero attached hydrogens (tertiary/aromatic N) is 1. The van der Waals surface area contributed by atoms with Crippen LogP contribution >= 0.6 is 11.6 Å². The molecule has 1 heterocycles. The summed E-state index contributed by atoms with van der Waals surface area (Å²) in [5.41, 5.74) is 1.18. The van der Waals surface area contributed by atoms with Gasteiger partial charge in [-0.15, -0.1) is 0 Å². The normalized spacial score (nSPS) is 11.5. The van der Waals surface area contributed by atoms with Crippen molar-refractivity contribution in [2.24, 2.45) is 0 Å². The van der Waals surface area contributed by atoms with Crippen LogP contribution in [0.5, 0.6) is 0 Å². The van der Waals surface area contributed by atoms with Crippen LogP contribution in [-0.2, 0) is 9.53 Å². The minimum absolute atomic E-state index is 0.0527. The molecule has 0 radical (unpaired) electrons. The topological polar surface area (TPSA) is 121 Å². The van der Waals surface area contributed by atoms with E-state index in [2.05, 4.69) is 15.3 Å². The van der Waals surface area contributed by atoms with E-state index in [1.807, 2.05) is 0 Å². The number of carboxylic acid groups (broad SMARTS) is 1. The Morgan fingerprint density at radius 2 is 1.93 bits per heavy atom. The molecular formula is C21H18ClN3O5. The summed E-state index contributed by atoms with van der Waals surface area (Å²) in [7, 11) is 0. The molecule has 2 aromatic carbocycles. The Labute approximate surface area is 176 Å². The van der Waals surface area contributed by atoms with E-state index >= 15 is 0 Å². The van der Waals surface area contributed by atoms with Crippen LogP contribution in [0, 0.1) is 0 Å². The number of halogens is 1. The van der Waals surface area contributed by atoms with Crippen LogP contribution in [0.1, 0.15) is 34.1 Å². The summed E-state index contributed by atoms with van der Waals surface area (Å²) in [6, 6.07) is 10.7. The number of aromatic nitrogens is 2. The third-order valence-corrected chi connectivity index (χ3v) is 4.60. The first-order chi connectivity index (χ1) is 14.4. The molecule has 1 aromatic heterocycles. The van der Waals surface area contributed by atoms with Gasteiger partial charge in [0, 0.05) is 23.6 Å². The molecule has 1 atom stereocenters. The fourth-order valence-corrected chi connectivity index (χ4v) is 2.89. The summed E-state index contributed by atoms with van der Waals surface area (Å²) in [4.78, 5) is 43.2. The summed E-state index contributed by atoms with van der Waals surface area (Å²) in [6.07, 6.45) is 2.51. The highest BCUT2D eigenvalue weighted by Crippen LogP contribution is 2.21. The van der Waals surface area contributed by atoms with Crippen molar-refractivity contribution in [3.05, 3.63) is 71.0 Å². The number of carboxylic acids is 1. The molecule has 1 amide bonds. The molecule has 0 bridgehead atoms. The van der Waals surface area contributed by atoms with Gasteiger partial charge in [-0.2, -0.15) is 0 Å². The van der Waals surface area contributed by atoms with Crippen LogP contribution in [0.4, 0.5) is 5.69 Å². The van der Waals surface area contributed by atoms with Crippen molar-refractivity contribution in [1.29, 1.82) is 0 Å². The molecule has 30 heavy (non-hydrogen) atoms. The van der Waals surface area contributed by atoms with Crippen LogP contribution < -0.4 is 5.32 Å². The molecular weight excluding hydrogens is 410 g/mol. The number of imidazole rings is 1. The maximum atomic E-state index is 12.5. The van der Waals surface area contributed by atoms with Crippen molar-refractivity contribution in [2.75, 3.05) is 5.32 Å². The van der Waals surface area contributed by atoms with Gasteiger partial charge in [0.1, 0.15) is 5.82 Å². The maximum Gasteiger partial charge on any atom is 0.338 e. The Kier molecular flexibility index (Phi) is 6.48. The minimum atomic E-state index is -1.22. The molecule has 3 aromatic rings. The molecule has 0 aliphatic rings. The molecule has 154 valence electrons. The van der Waals surface area contributed by atoms with E-state index in [0.717, 1.165) is 5.56 Å². The minimum Gasteiger partial charge on any atom is -0.478 e. The van der Waals surface area contributed by atoms with Crippen molar-refractivity contribution in [1.82, 2.24) is 9.97 Å². The number of esters is 1. The predicted octanol–water partition coefficient (Wildman–Crippen LogP) is 4.00. The largest absolute Gasteiger partial charge is 0.478 e. The van der Waals surface area contributed by atoms with Gasteiger partial charge in [-0.25, -0.2) is 14.6 Å². The van der Waals surface area contributed by atoms with Gasteiger partial charge in [0.2, 0.25) is 0 Å². The van der Waals surface area contributed by atoms with Gasteiger partial charge in [-0.05, 0) is 36.8 Å². The number of hydrogen-bond donors (Lipinski definition) is 3. The second-order valence-corrected chi connectivity index (χ2v) is 6.71. The third kappa shape index (κ3) is 4.84. The number of nitrogens with one attached hydrogen (secondary N) is 2. The van der Waals surface area contributed by atoms with Gasteiger partial charge >= 0.3 is 11.9 Å². The lowest BCUT2D eigenvalue weighted by Crippen LogP contribution is -2.32. The Morgan fingerprint density at radius 1 is 1.20 bits per heavy atom. The fraction of sp³-hybridized carbons (Fsp3) is 0.143. The standard InChI is InChI=1S/C21H18ClN3O5/c1-2-17(19(26)25-14-7-8-16(22)15(11-14)20(27)28)30-21(29)13-5-3-12(4-6-13)18-23-9-10-24-18/h3-11,17H,2H2,1H3,(H,23,24)(H,25,26)(H,27,28). The monoisotopic (exact) mass is 427 g/mol. The van der Waals surface area contributed by atoms with Crippen molar-refractivity contribution >= 4 is 35.1 Å². The highest BCUT2D eigenvalue weighted by atomic mass is 35.5. The first-order valence-electron chi connectivity index (χ1n) is 9.03. The van der Waals surface area contributed by atoms with Crippen LogP contribution in [0.2, 0.25) is 5.02 Å². The first-order valence-corrected chi connectivity index (χ1v) is 9.41. The fourth-order valence-electron chi connectivity index (χ4n) is 2.70. The molecule has 1 unspecified atom stereocenters. The molecule has 0 fully saturated rings. The number of carbonyl (C=O) groups is 3. The number of carbonyl (C=O) groups excluding carboxylic acids is 2. The maximum absolute atomic E-state index is 12.5. The van der Waals surface area contributed by atoms with Crippen molar-refractivity contribution in [3.63, 3.8) is 0 Å². The number of aromatic amines is 1. The zero-order valence-corrected chi connectivity index (χ0v) is 16.6. The summed E-state index contributed by atoms with van der Waals surface area (Å²) in [6.45, 7) is 1.70. The van der Waals surface area contributed by atoms with Crippen molar-refractivity contribution < 1.29 is 24.2 Å². The zero-order valence-electron chi connectivity index (χ0n) is 15.9. The molecule has 0 saturated heterocycles. The molecule has 0 spiro atoms. The summed E-state index contributed by atoms with van der Waals surface area (Å²) >= 11 is 5.83. The molecule has 0 aliphatic carbocycles. The highest BCUT2D eigenvalue weighted by molar-refractivity contribution is 6.33. The molecule has 8 nitrogen and oxygen atoms in total. The van der Waals surface area contributed by atoms with Gasteiger partial charge in [-0.1, -0.05) is 30.7 Å². The second-order valence-electron chi connectivity index (χ2n) is 6.31. The SMILES string of the molecule is CCC(OC(=O)c1ccc(-c2ncc[nH]2)cc1)C(=O)Nc1ccc(Cl)c(C(=O)O)c1. The Balaban J connectivity index is 1.67. The number of amides is 1. The van der Waals surface area contributed by atoms with Crippen molar-refractivity contribution in [2.45, 2.75) is 19.4 Å². The van der Waals surface area contributed by atoms with Gasteiger partial charge in [0.05, 0.1) is 16.1 Å². The predicted molar refractivity (Wildman–Crippen MR) is 111 cm³/mol. The van der Waals surface area contributed by atoms with Crippen LogP contribution in [-0.4, -0.2) is 39.0 Å². The quantitative estimate of drug-likeness (QED) is 0.490. The lowest BCUT2D eigenvalue weighted by atomic mass is 10.1. The number of benzene rings is 2. The molecule has 3 rings (SSSR count). The van der Waals surface area contributed by atoms with E-state index in [4.69, 9.17) is 21.4 Å². The number of ether oxygens (including phenoxy) is 1. The number of anilines is 1. The Hall–Kier alpha value is -3.65. The zero-order chi connectivity index (χ0) is 21.7.